The average molecular weight is 481 g/mol. The van der Waals surface area contributed by atoms with Crippen LogP contribution >= 0.6 is 15.9 Å². The van der Waals surface area contributed by atoms with Crippen LogP contribution in [0.5, 0.6) is 0 Å². The third kappa shape index (κ3) is 5.28. The molecule has 4 rings (SSSR count). The second kappa shape index (κ2) is 9.72. The zero-order valence-corrected chi connectivity index (χ0v) is 18.3. The zero-order chi connectivity index (χ0) is 21.6. The Labute approximate surface area is 188 Å². The fourth-order valence-electron chi connectivity index (χ4n) is 3.32. The first kappa shape index (κ1) is 21.0. The van der Waals surface area contributed by atoms with Gasteiger partial charge < -0.3 is 20.3 Å². The molecule has 0 saturated carbocycles. The molecule has 1 fully saturated rings. The van der Waals surface area contributed by atoms with Gasteiger partial charge in [-0.05, 0) is 58.4 Å². The number of para-hydroxylation sites is 1. The monoisotopic (exact) mass is 480 g/mol. The minimum absolute atomic E-state index is 0.228. The van der Waals surface area contributed by atoms with E-state index in [1.54, 1.807) is 48.7 Å². The fraction of sp³-hybridized carbons (Fsp3) is 0.174. The minimum atomic E-state index is -0.306. The first-order valence-corrected chi connectivity index (χ1v) is 10.7. The molecule has 8 heteroatoms. The van der Waals surface area contributed by atoms with Crippen LogP contribution in [0.15, 0.2) is 71.3 Å². The van der Waals surface area contributed by atoms with E-state index in [-0.39, 0.29) is 11.8 Å². The molecule has 158 valence electrons. The lowest BCUT2D eigenvalue weighted by Crippen LogP contribution is -2.37. The number of carbonyl (C=O) groups excluding carboxylic acids is 2. The number of amides is 2. The lowest BCUT2D eigenvalue weighted by Gasteiger charge is -2.30. The van der Waals surface area contributed by atoms with Gasteiger partial charge in [0.05, 0.1) is 18.8 Å². The van der Waals surface area contributed by atoms with Crippen molar-refractivity contribution in [3.05, 3.63) is 82.5 Å². The van der Waals surface area contributed by atoms with Crippen molar-refractivity contribution in [2.24, 2.45) is 0 Å². The minimum Gasteiger partial charge on any atom is -0.378 e. The van der Waals surface area contributed by atoms with Crippen LogP contribution in [0, 0.1) is 0 Å². The molecule has 31 heavy (non-hydrogen) atoms. The molecule has 2 aromatic carbocycles. The average Bonchev–Trinajstić information content (AvgIpc) is 2.81. The van der Waals surface area contributed by atoms with E-state index < -0.39 is 0 Å². The van der Waals surface area contributed by atoms with Crippen molar-refractivity contribution in [2.45, 2.75) is 0 Å². The number of hydrogen-bond acceptors (Lipinski definition) is 5. The second-order valence-corrected chi connectivity index (χ2v) is 7.88. The summed E-state index contributed by atoms with van der Waals surface area (Å²) in [6.45, 7) is 2.76. The molecule has 2 heterocycles. The van der Waals surface area contributed by atoms with Crippen LogP contribution < -0.4 is 15.5 Å². The quantitative estimate of drug-likeness (QED) is 0.571. The molecule has 0 bridgehead atoms. The van der Waals surface area contributed by atoms with E-state index in [0.717, 1.165) is 23.2 Å². The standard InChI is InChI=1S/C23H21BrN4O3/c24-17-8-9-21(25-15-17)27-22(29)16-4-3-5-18(14-16)26-23(30)19-6-1-2-7-20(19)28-10-12-31-13-11-28/h1-9,14-15H,10-13H2,(H,26,30)(H,25,27,29). The Morgan fingerprint density at radius 1 is 0.935 bits per heavy atom. The van der Waals surface area contributed by atoms with E-state index in [9.17, 15) is 9.59 Å². The number of carbonyl (C=O) groups is 2. The number of ether oxygens (including phenoxy) is 1. The lowest BCUT2D eigenvalue weighted by atomic mass is 10.1. The Hall–Kier alpha value is -3.23. The predicted molar refractivity (Wildman–Crippen MR) is 124 cm³/mol. The molecule has 0 spiro atoms. The third-order valence-corrected chi connectivity index (χ3v) is 5.32. The highest BCUT2D eigenvalue weighted by Crippen LogP contribution is 2.23. The number of aromatic nitrogens is 1. The summed E-state index contributed by atoms with van der Waals surface area (Å²) < 4.78 is 6.24. The highest BCUT2D eigenvalue weighted by atomic mass is 79.9. The lowest BCUT2D eigenvalue weighted by molar-refractivity contribution is 0.101. The van der Waals surface area contributed by atoms with Gasteiger partial charge >= 0.3 is 0 Å². The number of morpholine rings is 1. The van der Waals surface area contributed by atoms with Gasteiger partial charge in [-0.15, -0.1) is 0 Å². The maximum absolute atomic E-state index is 13.0. The number of rotatable bonds is 5. The Bertz CT molecular complexity index is 1080. The number of anilines is 3. The smallest absolute Gasteiger partial charge is 0.257 e. The summed E-state index contributed by atoms with van der Waals surface area (Å²) >= 11 is 3.31. The summed E-state index contributed by atoms with van der Waals surface area (Å²) in [7, 11) is 0. The summed E-state index contributed by atoms with van der Waals surface area (Å²) in [4.78, 5) is 31.9. The number of nitrogens with zero attached hydrogens (tertiary/aromatic N) is 2. The van der Waals surface area contributed by atoms with Crippen molar-refractivity contribution in [2.75, 3.05) is 41.8 Å². The molecule has 0 aliphatic carbocycles. The van der Waals surface area contributed by atoms with Crippen molar-refractivity contribution < 1.29 is 14.3 Å². The molecule has 3 aromatic rings. The number of nitrogens with one attached hydrogen (secondary N) is 2. The van der Waals surface area contributed by atoms with Gasteiger partial charge in [-0.2, -0.15) is 0 Å². The molecule has 1 saturated heterocycles. The fourth-order valence-corrected chi connectivity index (χ4v) is 3.56. The summed E-state index contributed by atoms with van der Waals surface area (Å²) in [5, 5.41) is 5.65. The summed E-state index contributed by atoms with van der Waals surface area (Å²) in [5.74, 6) is -0.0871. The second-order valence-electron chi connectivity index (χ2n) is 6.97. The van der Waals surface area contributed by atoms with E-state index in [1.165, 1.54) is 0 Å². The Morgan fingerprint density at radius 2 is 1.74 bits per heavy atom. The highest BCUT2D eigenvalue weighted by molar-refractivity contribution is 9.10. The van der Waals surface area contributed by atoms with Crippen LogP contribution in [0.4, 0.5) is 17.2 Å². The van der Waals surface area contributed by atoms with E-state index >= 15 is 0 Å². The molecule has 0 radical (unpaired) electrons. The van der Waals surface area contributed by atoms with Crippen LogP contribution in [0.25, 0.3) is 0 Å². The predicted octanol–water partition coefficient (Wildman–Crippen LogP) is 4.19. The van der Waals surface area contributed by atoms with Crippen molar-refractivity contribution in [1.29, 1.82) is 0 Å². The summed E-state index contributed by atoms with van der Waals surface area (Å²) in [5.41, 5.74) is 2.42. The number of pyridine rings is 1. The van der Waals surface area contributed by atoms with Crippen LogP contribution in [0.3, 0.4) is 0 Å². The molecule has 0 atom stereocenters. The van der Waals surface area contributed by atoms with E-state index in [1.807, 2.05) is 18.2 Å². The molecule has 7 nitrogen and oxygen atoms in total. The summed E-state index contributed by atoms with van der Waals surface area (Å²) in [6, 6.07) is 17.8. The Balaban J connectivity index is 1.48. The Kier molecular flexibility index (Phi) is 6.59. The topological polar surface area (TPSA) is 83.6 Å². The van der Waals surface area contributed by atoms with Crippen molar-refractivity contribution in [3.63, 3.8) is 0 Å². The van der Waals surface area contributed by atoms with Gasteiger partial charge in [0.1, 0.15) is 5.82 Å². The molecule has 0 unspecified atom stereocenters. The zero-order valence-electron chi connectivity index (χ0n) is 16.7. The van der Waals surface area contributed by atoms with E-state index in [2.05, 4.69) is 36.4 Å². The van der Waals surface area contributed by atoms with Crippen molar-refractivity contribution in [1.82, 2.24) is 4.98 Å². The van der Waals surface area contributed by atoms with Crippen LogP contribution in [0.1, 0.15) is 20.7 Å². The normalized spacial score (nSPS) is 13.5. The van der Waals surface area contributed by atoms with Gasteiger partial charge in [0.2, 0.25) is 0 Å². The van der Waals surface area contributed by atoms with E-state index in [0.29, 0.717) is 35.8 Å². The molecule has 2 amide bonds. The van der Waals surface area contributed by atoms with Crippen LogP contribution in [-0.4, -0.2) is 43.1 Å². The third-order valence-electron chi connectivity index (χ3n) is 4.85. The largest absolute Gasteiger partial charge is 0.378 e. The first-order chi connectivity index (χ1) is 15.1. The first-order valence-electron chi connectivity index (χ1n) is 9.86. The van der Waals surface area contributed by atoms with Gasteiger partial charge in [-0.1, -0.05) is 18.2 Å². The SMILES string of the molecule is O=C(Nc1ccc(Br)cn1)c1cccc(NC(=O)c2ccccc2N2CCOCC2)c1. The molecule has 1 aliphatic rings. The highest BCUT2D eigenvalue weighted by Gasteiger charge is 2.19. The number of benzene rings is 2. The van der Waals surface area contributed by atoms with Gasteiger partial charge in [-0.25, -0.2) is 4.98 Å². The molecule has 1 aromatic heterocycles. The number of halogens is 1. The van der Waals surface area contributed by atoms with E-state index in [4.69, 9.17) is 4.74 Å². The van der Waals surface area contributed by atoms with Gasteiger partial charge in [0.15, 0.2) is 0 Å². The van der Waals surface area contributed by atoms with Crippen LogP contribution in [-0.2, 0) is 4.74 Å². The molecular formula is C23H21BrN4O3. The van der Waals surface area contributed by atoms with Crippen molar-refractivity contribution >= 4 is 44.9 Å². The maximum atomic E-state index is 13.0. The Morgan fingerprint density at radius 3 is 2.52 bits per heavy atom. The summed E-state index contributed by atoms with van der Waals surface area (Å²) in [6.07, 6.45) is 1.61. The van der Waals surface area contributed by atoms with Gasteiger partial charge in [0, 0.05) is 40.7 Å². The maximum Gasteiger partial charge on any atom is 0.257 e. The molecule has 1 aliphatic heterocycles. The van der Waals surface area contributed by atoms with Gasteiger partial charge in [0.25, 0.3) is 11.8 Å². The number of hydrogen-bond donors (Lipinski definition) is 2. The molecule has 2 N–H and O–H groups in total. The van der Waals surface area contributed by atoms with Crippen molar-refractivity contribution in [3.8, 4) is 0 Å². The van der Waals surface area contributed by atoms with Crippen LogP contribution in [0.2, 0.25) is 0 Å². The van der Waals surface area contributed by atoms with Gasteiger partial charge in [-0.3, -0.25) is 9.59 Å². The molecular weight excluding hydrogens is 460 g/mol.